The van der Waals surface area contributed by atoms with E-state index in [1.54, 1.807) is 0 Å². The lowest BCUT2D eigenvalue weighted by Crippen LogP contribution is -2.07. The number of hydrogen-bond donors (Lipinski definition) is 0. The van der Waals surface area contributed by atoms with Crippen LogP contribution in [0, 0.1) is 11.8 Å². The summed E-state index contributed by atoms with van der Waals surface area (Å²) >= 11 is 0. The molecule has 1 heterocycles. The smallest absolute Gasteiger partial charge is 0.163 e. The van der Waals surface area contributed by atoms with E-state index in [1.807, 2.05) is 52.5 Å². The zero-order valence-electron chi connectivity index (χ0n) is 27.7. The molecule has 0 N–H and O–H groups in total. The molecule has 0 aliphatic rings. The Morgan fingerprint density at radius 1 is 0.568 bits per heavy atom. The molecular formula is C38H48N4O2. The van der Waals surface area contributed by atoms with Crippen molar-refractivity contribution in [3.8, 4) is 11.5 Å². The standard InChI is InChI=1S/C38H48N4O2/c1-27(2)21-23-43-37-25-35-36(26-38(37)44-24-22-28(3)4)40-34(20-14-30-11-17-32(18-12-30)42(7)8)33(39-35)19-13-29-9-15-31(16-10-29)41(5)6/h9-20,25-28H,21-24H2,1-8H3/b19-13+,20-14+. The van der Waals surface area contributed by atoms with Gasteiger partial charge in [0.25, 0.3) is 0 Å². The normalized spacial score (nSPS) is 11.8. The first-order chi connectivity index (χ1) is 21.1. The Balaban J connectivity index is 1.75. The molecule has 0 amide bonds. The van der Waals surface area contributed by atoms with E-state index in [0.717, 1.165) is 69.3 Å². The molecule has 4 rings (SSSR count). The molecule has 0 fully saturated rings. The quantitative estimate of drug-likeness (QED) is 0.146. The average molecular weight is 593 g/mol. The fourth-order valence-electron chi connectivity index (χ4n) is 4.49. The zero-order valence-corrected chi connectivity index (χ0v) is 27.7. The lowest BCUT2D eigenvalue weighted by atomic mass is 10.1. The fraction of sp³-hybridized carbons (Fsp3) is 0.368. The van der Waals surface area contributed by atoms with Crippen molar-refractivity contribution in [2.45, 2.75) is 40.5 Å². The summed E-state index contributed by atoms with van der Waals surface area (Å²) in [4.78, 5) is 14.4. The second kappa shape index (κ2) is 15.4. The Kier molecular flexibility index (Phi) is 11.4. The predicted octanol–water partition coefficient (Wildman–Crippen LogP) is 8.95. The van der Waals surface area contributed by atoms with E-state index in [2.05, 4.69) is 98.2 Å². The highest BCUT2D eigenvalue weighted by Gasteiger charge is 2.13. The number of anilines is 2. The van der Waals surface area contributed by atoms with Crippen molar-refractivity contribution in [1.29, 1.82) is 0 Å². The van der Waals surface area contributed by atoms with Gasteiger partial charge in [-0.1, -0.05) is 64.1 Å². The molecule has 0 saturated heterocycles. The maximum absolute atomic E-state index is 6.24. The molecule has 0 saturated carbocycles. The molecule has 4 aromatic rings. The number of fused-ring (bicyclic) bond motifs is 1. The summed E-state index contributed by atoms with van der Waals surface area (Å²) in [5, 5.41) is 0. The van der Waals surface area contributed by atoms with Gasteiger partial charge in [0.15, 0.2) is 11.5 Å². The van der Waals surface area contributed by atoms with Crippen molar-refractivity contribution in [2.24, 2.45) is 11.8 Å². The molecule has 0 unspecified atom stereocenters. The third kappa shape index (κ3) is 9.34. The van der Waals surface area contributed by atoms with Gasteiger partial charge >= 0.3 is 0 Å². The summed E-state index contributed by atoms with van der Waals surface area (Å²) in [6.07, 6.45) is 10.2. The second-order valence-electron chi connectivity index (χ2n) is 12.5. The summed E-state index contributed by atoms with van der Waals surface area (Å²) in [5.74, 6) is 2.54. The first-order valence-corrected chi connectivity index (χ1v) is 15.6. The lowest BCUT2D eigenvalue weighted by Gasteiger charge is -2.16. The van der Waals surface area contributed by atoms with Crippen LogP contribution in [0.15, 0.2) is 60.7 Å². The van der Waals surface area contributed by atoms with Crippen LogP contribution < -0.4 is 19.3 Å². The van der Waals surface area contributed by atoms with Gasteiger partial charge in [0.05, 0.1) is 35.6 Å². The van der Waals surface area contributed by atoms with Gasteiger partial charge < -0.3 is 19.3 Å². The Morgan fingerprint density at radius 2 is 0.932 bits per heavy atom. The predicted molar refractivity (Wildman–Crippen MR) is 189 cm³/mol. The van der Waals surface area contributed by atoms with Crippen LogP contribution in [-0.2, 0) is 0 Å². The van der Waals surface area contributed by atoms with E-state index < -0.39 is 0 Å². The molecule has 0 aliphatic heterocycles. The Hall–Kier alpha value is -4.32. The van der Waals surface area contributed by atoms with Gasteiger partial charge in [-0.05, 0) is 72.2 Å². The average Bonchev–Trinajstić information content (AvgIpc) is 2.99. The van der Waals surface area contributed by atoms with Crippen LogP contribution in [0.25, 0.3) is 35.3 Å². The van der Waals surface area contributed by atoms with Gasteiger partial charge in [0.2, 0.25) is 0 Å². The van der Waals surface area contributed by atoms with Crippen LogP contribution in [0.5, 0.6) is 11.5 Å². The zero-order chi connectivity index (χ0) is 31.6. The number of benzene rings is 3. The van der Waals surface area contributed by atoms with E-state index in [4.69, 9.17) is 19.4 Å². The molecular weight excluding hydrogens is 544 g/mol. The Bertz CT molecular complexity index is 1440. The summed E-state index contributed by atoms with van der Waals surface area (Å²) < 4.78 is 12.5. The molecule has 3 aromatic carbocycles. The van der Waals surface area contributed by atoms with E-state index in [1.165, 1.54) is 0 Å². The van der Waals surface area contributed by atoms with Gasteiger partial charge in [0, 0.05) is 51.7 Å². The van der Waals surface area contributed by atoms with Crippen molar-refractivity contribution in [1.82, 2.24) is 9.97 Å². The van der Waals surface area contributed by atoms with Gasteiger partial charge in [-0.15, -0.1) is 0 Å². The van der Waals surface area contributed by atoms with Crippen LogP contribution >= 0.6 is 0 Å². The number of rotatable bonds is 14. The van der Waals surface area contributed by atoms with Crippen LogP contribution in [0.3, 0.4) is 0 Å². The van der Waals surface area contributed by atoms with Gasteiger partial charge in [-0.3, -0.25) is 0 Å². The van der Waals surface area contributed by atoms with Crippen molar-refractivity contribution >= 4 is 46.7 Å². The number of ether oxygens (including phenoxy) is 2. The summed E-state index contributed by atoms with van der Waals surface area (Å²) in [5.41, 5.74) is 7.64. The molecule has 0 atom stereocenters. The highest BCUT2D eigenvalue weighted by atomic mass is 16.5. The first-order valence-electron chi connectivity index (χ1n) is 15.6. The van der Waals surface area contributed by atoms with Gasteiger partial charge in [-0.25, -0.2) is 9.97 Å². The molecule has 0 spiro atoms. The monoisotopic (exact) mass is 592 g/mol. The van der Waals surface area contributed by atoms with E-state index in [9.17, 15) is 0 Å². The number of nitrogens with zero attached hydrogens (tertiary/aromatic N) is 4. The molecule has 6 heteroatoms. The third-order valence-electron chi connectivity index (χ3n) is 7.38. The van der Waals surface area contributed by atoms with Crippen LogP contribution in [0.1, 0.15) is 63.1 Å². The van der Waals surface area contributed by atoms with Crippen LogP contribution in [0.2, 0.25) is 0 Å². The SMILES string of the molecule is CC(C)CCOc1cc2nc(/C=C/c3ccc(N(C)C)cc3)c(/C=C/c3ccc(N(C)C)cc3)nc2cc1OCCC(C)C. The summed E-state index contributed by atoms with van der Waals surface area (Å²) in [7, 11) is 8.18. The van der Waals surface area contributed by atoms with Crippen molar-refractivity contribution < 1.29 is 9.47 Å². The minimum Gasteiger partial charge on any atom is -0.490 e. The number of aromatic nitrogens is 2. The maximum Gasteiger partial charge on any atom is 0.163 e. The largest absolute Gasteiger partial charge is 0.490 e. The van der Waals surface area contributed by atoms with Gasteiger partial charge in [0.1, 0.15) is 0 Å². The first kappa shape index (κ1) is 32.6. The minimum absolute atomic E-state index is 0.553. The van der Waals surface area contributed by atoms with Gasteiger partial charge in [-0.2, -0.15) is 0 Å². The Morgan fingerprint density at radius 3 is 1.25 bits per heavy atom. The topological polar surface area (TPSA) is 50.7 Å². The van der Waals surface area contributed by atoms with E-state index >= 15 is 0 Å². The summed E-state index contributed by atoms with van der Waals surface area (Å²) in [6.45, 7) is 10.1. The second-order valence-corrected chi connectivity index (χ2v) is 12.5. The molecule has 44 heavy (non-hydrogen) atoms. The summed E-state index contributed by atoms with van der Waals surface area (Å²) in [6, 6.07) is 20.9. The highest BCUT2D eigenvalue weighted by Crippen LogP contribution is 2.33. The Labute approximate surface area is 264 Å². The minimum atomic E-state index is 0.553. The lowest BCUT2D eigenvalue weighted by molar-refractivity contribution is 0.247. The third-order valence-corrected chi connectivity index (χ3v) is 7.38. The highest BCUT2D eigenvalue weighted by molar-refractivity contribution is 5.85. The van der Waals surface area contributed by atoms with Crippen LogP contribution in [0.4, 0.5) is 11.4 Å². The van der Waals surface area contributed by atoms with E-state index in [0.29, 0.717) is 25.0 Å². The van der Waals surface area contributed by atoms with Crippen molar-refractivity contribution in [3.05, 3.63) is 83.2 Å². The molecule has 0 aliphatic carbocycles. The van der Waals surface area contributed by atoms with Crippen molar-refractivity contribution in [3.63, 3.8) is 0 Å². The van der Waals surface area contributed by atoms with Crippen LogP contribution in [-0.4, -0.2) is 51.4 Å². The molecule has 6 nitrogen and oxygen atoms in total. The molecule has 0 radical (unpaired) electrons. The van der Waals surface area contributed by atoms with Crippen molar-refractivity contribution in [2.75, 3.05) is 51.2 Å². The molecule has 0 bridgehead atoms. The fourth-order valence-corrected chi connectivity index (χ4v) is 4.49. The molecule has 1 aromatic heterocycles. The molecule has 232 valence electrons. The van der Waals surface area contributed by atoms with E-state index in [-0.39, 0.29) is 0 Å². The maximum atomic E-state index is 6.24. The number of hydrogen-bond acceptors (Lipinski definition) is 6.